The smallest absolute Gasteiger partial charge is 0.191 e. The second-order valence-corrected chi connectivity index (χ2v) is 7.07. The maximum Gasteiger partial charge on any atom is 0.191 e. The van der Waals surface area contributed by atoms with Crippen LogP contribution in [0.25, 0.3) is 0 Å². The molecule has 2 rings (SSSR count). The van der Waals surface area contributed by atoms with E-state index < -0.39 is 0 Å². The minimum Gasteiger partial charge on any atom is -0.356 e. The highest BCUT2D eigenvalue weighted by molar-refractivity contribution is 14.0. The van der Waals surface area contributed by atoms with Crippen LogP contribution in [0.3, 0.4) is 0 Å². The van der Waals surface area contributed by atoms with E-state index in [9.17, 15) is 0 Å². The number of nitrogens with one attached hydrogen (secondary N) is 2. The van der Waals surface area contributed by atoms with Crippen molar-refractivity contribution in [1.82, 2.24) is 15.6 Å². The van der Waals surface area contributed by atoms with Crippen LogP contribution in [0.1, 0.15) is 20.5 Å². The standard InChI is InChI=1S/C15H22N4S2.HI/c1-11-12(2)21-14(19-11)7-9-18-15(16-3)17-8-6-13-5-4-10-20-13;/h4-5,10H,6-9H2,1-3H3,(H2,16,17,18);1H. The van der Waals surface area contributed by atoms with Crippen molar-refractivity contribution in [2.45, 2.75) is 26.7 Å². The van der Waals surface area contributed by atoms with Gasteiger partial charge < -0.3 is 10.6 Å². The first-order valence-corrected chi connectivity index (χ1v) is 8.78. The molecule has 0 aromatic carbocycles. The fourth-order valence-corrected chi connectivity index (χ4v) is 3.56. The van der Waals surface area contributed by atoms with Crippen molar-refractivity contribution in [3.8, 4) is 0 Å². The van der Waals surface area contributed by atoms with Gasteiger partial charge in [-0.05, 0) is 31.7 Å². The van der Waals surface area contributed by atoms with Crippen molar-refractivity contribution < 1.29 is 0 Å². The third-order valence-corrected chi connectivity index (χ3v) is 5.24. The van der Waals surface area contributed by atoms with E-state index in [1.54, 1.807) is 29.7 Å². The molecule has 0 saturated carbocycles. The lowest BCUT2D eigenvalue weighted by Crippen LogP contribution is -2.39. The van der Waals surface area contributed by atoms with Crippen molar-refractivity contribution in [2.24, 2.45) is 4.99 Å². The minimum atomic E-state index is 0. The van der Waals surface area contributed by atoms with E-state index in [4.69, 9.17) is 0 Å². The number of aryl methyl sites for hydroxylation is 2. The molecule has 0 bridgehead atoms. The van der Waals surface area contributed by atoms with Crippen LogP contribution in [-0.4, -0.2) is 31.1 Å². The van der Waals surface area contributed by atoms with Crippen molar-refractivity contribution in [3.63, 3.8) is 0 Å². The molecule has 4 nitrogen and oxygen atoms in total. The molecule has 0 unspecified atom stereocenters. The number of guanidine groups is 1. The summed E-state index contributed by atoms with van der Waals surface area (Å²) in [6, 6.07) is 4.25. The number of nitrogens with zero attached hydrogens (tertiary/aromatic N) is 2. The average molecular weight is 450 g/mol. The highest BCUT2D eigenvalue weighted by atomic mass is 127. The molecule has 2 heterocycles. The number of hydrogen-bond donors (Lipinski definition) is 2. The van der Waals surface area contributed by atoms with Gasteiger partial charge in [-0.1, -0.05) is 6.07 Å². The van der Waals surface area contributed by atoms with Crippen LogP contribution >= 0.6 is 46.7 Å². The summed E-state index contributed by atoms with van der Waals surface area (Å²) in [4.78, 5) is 11.5. The maximum atomic E-state index is 4.55. The number of thiophene rings is 1. The number of rotatable bonds is 6. The van der Waals surface area contributed by atoms with Crippen molar-refractivity contribution >= 4 is 52.6 Å². The summed E-state index contributed by atoms with van der Waals surface area (Å²) >= 11 is 3.57. The first-order chi connectivity index (χ1) is 10.2. The van der Waals surface area contributed by atoms with E-state index in [1.165, 1.54) is 14.8 Å². The lowest BCUT2D eigenvalue weighted by molar-refractivity contribution is 0.784. The summed E-state index contributed by atoms with van der Waals surface area (Å²) in [5, 5.41) is 9.97. The Bertz CT molecular complexity index is 559. The fourth-order valence-electron chi connectivity index (χ4n) is 1.91. The fraction of sp³-hybridized carbons (Fsp3) is 0.467. The molecular formula is C15H23IN4S2. The number of aromatic nitrogens is 1. The van der Waals surface area contributed by atoms with Crippen molar-refractivity contribution in [2.75, 3.05) is 20.1 Å². The van der Waals surface area contributed by atoms with Gasteiger partial charge in [-0.2, -0.15) is 0 Å². The van der Waals surface area contributed by atoms with Crippen molar-refractivity contribution in [1.29, 1.82) is 0 Å². The molecule has 7 heteroatoms. The molecule has 0 aliphatic rings. The number of aliphatic imine (C=N–C) groups is 1. The molecule has 0 spiro atoms. The van der Waals surface area contributed by atoms with Crippen LogP contribution in [0.15, 0.2) is 22.5 Å². The Kier molecular flexibility index (Phi) is 8.96. The second-order valence-electron chi connectivity index (χ2n) is 4.75. The topological polar surface area (TPSA) is 49.3 Å². The normalized spacial score (nSPS) is 11.1. The van der Waals surface area contributed by atoms with Gasteiger partial charge in [-0.15, -0.1) is 46.7 Å². The molecule has 0 fully saturated rings. The van der Waals surface area contributed by atoms with Gasteiger partial charge in [0, 0.05) is 36.3 Å². The van der Waals surface area contributed by atoms with Gasteiger partial charge in [0.25, 0.3) is 0 Å². The van der Waals surface area contributed by atoms with E-state index in [1.807, 2.05) is 0 Å². The molecular weight excluding hydrogens is 427 g/mol. The van der Waals surface area contributed by atoms with Gasteiger partial charge in [0.15, 0.2) is 5.96 Å². The summed E-state index contributed by atoms with van der Waals surface area (Å²) in [7, 11) is 1.80. The van der Waals surface area contributed by atoms with Crippen molar-refractivity contribution in [3.05, 3.63) is 38.0 Å². The zero-order valence-corrected chi connectivity index (χ0v) is 17.1. The minimum absolute atomic E-state index is 0. The van der Waals surface area contributed by atoms with Gasteiger partial charge >= 0.3 is 0 Å². The van der Waals surface area contributed by atoms with Gasteiger partial charge in [0.2, 0.25) is 0 Å². The molecule has 2 aromatic heterocycles. The Hall–Kier alpha value is -0.670. The highest BCUT2D eigenvalue weighted by Gasteiger charge is 2.04. The zero-order valence-electron chi connectivity index (χ0n) is 13.2. The predicted molar refractivity (Wildman–Crippen MR) is 108 cm³/mol. The monoisotopic (exact) mass is 450 g/mol. The van der Waals surface area contributed by atoms with Crippen LogP contribution in [0.5, 0.6) is 0 Å². The molecule has 2 aromatic rings. The quantitative estimate of drug-likeness (QED) is 0.403. The maximum absolute atomic E-state index is 4.55. The average Bonchev–Trinajstić information content (AvgIpc) is 3.08. The largest absolute Gasteiger partial charge is 0.356 e. The molecule has 0 radical (unpaired) electrons. The summed E-state index contributed by atoms with van der Waals surface area (Å²) in [5.74, 6) is 0.858. The molecule has 0 aliphatic carbocycles. The van der Waals surface area contributed by atoms with E-state index in [2.05, 4.69) is 52.0 Å². The summed E-state index contributed by atoms with van der Waals surface area (Å²) in [6.07, 6.45) is 1.97. The Morgan fingerprint density at radius 1 is 1.23 bits per heavy atom. The summed E-state index contributed by atoms with van der Waals surface area (Å²) in [6.45, 7) is 5.93. The van der Waals surface area contributed by atoms with Gasteiger partial charge in [0.1, 0.15) is 0 Å². The van der Waals surface area contributed by atoms with Crippen LogP contribution in [0, 0.1) is 13.8 Å². The van der Waals surface area contributed by atoms with Gasteiger partial charge in [-0.25, -0.2) is 4.98 Å². The van der Waals surface area contributed by atoms with Gasteiger partial charge in [-0.3, -0.25) is 4.99 Å². The van der Waals surface area contributed by atoms with E-state index in [0.29, 0.717) is 0 Å². The zero-order chi connectivity index (χ0) is 15.1. The third kappa shape index (κ3) is 6.21. The molecule has 2 N–H and O–H groups in total. The highest BCUT2D eigenvalue weighted by Crippen LogP contribution is 2.16. The lowest BCUT2D eigenvalue weighted by atomic mass is 10.3. The molecule has 22 heavy (non-hydrogen) atoms. The molecule has 0 saturated heterocycles. The SMILES string of the molecule is CN=C(NCCc1cccs1)NCCc1nc(C)c(C)s1.I. The second kappa shape index (κ2) is 10.2. The molecule has 0 amide bonds. The van der Waals surface area contributed by atoms with Crippen LogP contribution in [0.2, 0.25) is 0 Å². The first-order valence-electron chi connectivity index (χ1n) is 7.09. The van der Waals surface area contributed by atoms with Gasteiger partial charge in [0.05, 0.1) is 10.7 Å². The summed E-state index contributed by atoms with van der Waals surface area (Å²) < 4.78 is 0. The Morgan fingerprint density at radius 3 is 2.50 bits per heavy atom. The Morgan fingerprint density at radius 2 is 1.95 bits per heavy atom. The number of thiazole rings is 1. The van der Waals surface area contributed by atoms with Crippen LogP contribution in [-0.2, 0) is 12.8 Å². The Balaban J connectivity index is 0.00000242. The predicted octanol–water partition coefficient (Wildman–Crippen LogP) is 3.39. The van der Waals surface area contributed by atoms with E-state index >= 15 is 0 Å². The number of halogens is 1. The van der Waals surface area contributed by atoms with Crippen LogP contribution < -0.4 is 10.6 Å². The lowest BCUT2D eigenvalue weighted by Gasteiger charge is -2.10. The molecule has 122 valence electrons. The molecule has 0 aliphatic heterocycles. The first kappa shape index (κ1) is 19.4. The molecule has 0 atom stereocenters. The third-order valence-electron chi connectivity index (χ3n) is 3.17. The van der Waals surface area contributed by atoms with E-state index in [-0.39, 0.29) is 24.0 Å². The van der Waals surface area contributed by atoms with E-state index in [0.717, 1.165) is 37.6 Å². The number of hydrogen-bond acceptors (Lipinski definition) is 4. The Labute approximate surface area is 157 Å². The van der Waals surface area contributed by atoms with Crippen LogP contribution in [0.4, 0.5) is 0 Å². The summed E-state index contributed by atoms with van der Waals surface area (Å²) in [5.41, 5.74) is 1.15.